The number of carbonyl (C=O) groups is 1. The van der Waals surface area contributed by atoms with Crippen LogP contribution in [0.15, 0.2) is 30.9 Å². The first kappa shape index (κ1) is 25.1. The van der Waals surface area contributed by atoms with Crippen LogP contribution in [-0.4, -0.2) is 55.0 Å². The Bertz CT molecular complexity index is 642. The number of rotatable bonds is 9. The van der Waals surface area contributed by atoms with E-state index in [2.05, 4.69) is 18.5 Å². The van der Waals surface area contributed by atoms with E-state index < -0.39 is 0 Å². The van der Waals surface area contributed by atoms with Gasteiger partial charge >= 0.3 is 0 Å². The SMILES string of the molecule is C=CCN(C)[C@@H]1CCCC[C@H]1N(C)C(=O)CCCOc1ccc(Cl)cc1Cl.Cl. The van der Waals surface area contributed by atoms with Gasteiger partial charge in [0.25, 0.3) is 0 Å². The van der Waals surface area contributed by atoms with Crippen molar-refractivity contribution in [3.8, 4) is 5.75 Å². The molecule has 0 saturated heterocycles. The molecule has 4 nitrogen and oxygen atoms in total. The number of amides is 1. The number of halogens is 3. The predicted octanol–water partition coefficient (Wildman–Crippen LogP) is 5.46. The Hall–Kier alpha value is -0.940. The molecule has 2 rings (SSSR count). The van der Waals surface area contributed by atoms with Gasteiger partial charge in [-0.25, -0.2) is 0 Å². The highest BCUT2D eigenvalue weighted by molar-refractivity contribution is 6.35. The fourth-order valence-electron chi connectivity index (χ4n) is 3.76. The average Bonchev–Trinajstić information content (AvgIpc) is 2.66. The Morgan fingerprint density at radius 3 is 2.57 bits per heavy atom. The highest BCUT2D eigenvalue weighted by Gasteiger charge is 2.32. The fraction of sp³-hybridized carbons (Fsp3) is 0.571. The summed E-state index contributed by atoms with van der Waals surface area (Å²) in [7, 11) is 4.05. The van der Waals surface area contributed by atoms with Gasteiger partial charge in [0.15, 0.2) is 0 Å². The summed E-state index contributed by atoms with van der Waals surface area (Å²) in [5.74, 6) is 0.768. The Balaban J connectivity index is 0.00000392. The van der Waals surface area contributed by atoms with E-state index in [0.29, 0.717) is 41.3 Å². The van der Waals surface area contributed by atoms with E-state index in [1.165, 1.54) is 12.8 Å². The standard InChI is InChI=1S/C21H30Cl2N2O2.ClH/c1-4-13-24(2)18-8-5-6-9-19(18)25(3)21(26)10-7-14-27-20-12-11-16(22)15-17(20)23;/h4,11-12,15,18-19H,1,5-10,13-14H2,2-3H3;1H/t18-,19-;/m1./s1. The molecule has 158 valence electrons. The lowest BCUT2D eigenvalue weighted by Gasteiger charge is -2.42. The molecule has 7 heteroatoms. The van der Waals surface area contributed by atoms with Crippen LogP contribution in [0.25, 0.3) is 0 Å². The number of hydrogen-bond donors (Lipinski definition) is 0. The Labute approximate surface area is 185 Å². The second-order valence-electron chi connectivity index (χ2n) is 7.18. The van der Waals surface area contributed by atoms with Gasteiger partial charge in [0.05, 0.1) is 11.6 Å². The monoisotopic (exact) mass is 448 g/mol. The molecule has 1 aromatic carbocycles. The zero-order valence-corrected chi connectivity index (χ0v) is 19.0. The minimum Gasteiger partial charge on any atom is -0.492 e. The van der Waals surface area contributed by atoms with Gasteiger partial charge in [-0.05, 0) is 44.5 Å². The summed E-state index contributed by atoms with van der Waals surface area (Å²) in [6.07, 6.45) is 7.64. The zero-order valence-electron chi connectivity index (χ0n) is 16.7. The van der Waals surface area contributed by atoms with Crippen LogP contribution >= 0.6 is 35.6 Å². The quantitative estimate of drug-likeness (QED) is 0.370. The largest absolute Gasteiger partial charge is 0.492 e. The molecule has 0 aromatic heterocycles. The summed E-state index contributed by atoms with van der Waals surface area (Å²) in [6, 6.07) is 5.81. The van der Waals surface area contributed by atoms with Crippen molar-refractivity contribution in [3.05, 3.63) is 40.9 Å². The molecule has 0 N–H and O–H groups in total. The molecule has 0 heterocycles. The molecule has 1 amide bonds. The molecule has 28 heavy (non-hydrogen) atoms. The van der Waals surface area contributed by atoms with Gasteiger partial charge in [0.2, 0.25) is 5.91 Å². The minimum absolute atomic E-state index is 0. The second-order valence-corrected chi connectivity index (χ2v) is 8.02. The fourth-order valence-corrected chi connectivity index (χ4v) is 4.22. The van der Waals surface area contributed by atoms with Crippen molar-refractivity contribution in [2.45, 2.75) is 50.6 Å². The van der Waals surface area contributed by atoms with Gasteiger partial charge < -0.3 is 9.64 Å². The Kier molecular flexibility index (Phi) is 11.3. The molecule has 0 spiro atoms. The van der Waals surface area contributed by atoms with Crippen LogP contribution in [-0.2, 0) is 4.79 Å². The topological polar surface area (TPSA) is 32.8 Å². The van der Waals surface area contributed by atoms with Crippen LogP contribution in [0.5, 0.6) is 5.75 Å². The third-order valence-electron chi connectivity index (χ3n) is 5.25. The number of carbonyl (C=O) groups excluding carboxylic acids is 1. The lowest BCUT2D eigenvalue weighted by molar-refractivity contribution is -0.134. The van der Waals surface area contributed by atoms with Crippen molar-refractivity contribution in [1.82, 2.24) is 9.80 Å². The van der Waals surface area contributed by atoms with Gasteiger partial charge in [-0.15, -0.1) is 19.0 Å². The normalized spacial score (nSPS) is 19.0. The molecule has 1 aromatic rings. The molecule has 0 aliphatic heterocycles. The molecule has 0 radical (unpaired) electrons. The maximum Gasteiger partial charge on any atom is 0.222 e. The zero-order chi connectivity index (χ0) is 19.8. The van der Waals surface area contributed by atoms with E-state index in [9.17, 15) is 4.79 Å². The third kappa shape index (κ3) is 7.14. The molecular weight excluding hydrogens is 419 g/mol. The Morgan fingerprint density at radius 1 is 1.25 bits per heavy atom. The van der Waals surface area contributed by atoms with Crippen molar-refractivity contribution in [2.24, 2.45) is 0 Å². The minimum atomic E-state index is 0. The molecule has 1 fully saturated rings. The first-order valence-corrected chi connectivity index (χ1v) is 10.3. The van der Waals surface area contributed by atoms with E-state index in [0.717, 1.165) is 19.4 Å². The van der Waals surface area contributed by atoms with Crippen molar-refractivity contribution in [3.63, 3.8) is 0 Å². The lowest BCUT2D eigenvalue weighted by Crippen LogP contribution is -2.52. The van der Waals surface area contributed by atoms with Gasteiger partial charge in [-0.3, -0.25) is 9.69 Å². The first-order chi connectivity index (χ1) is 12.9. The number of ether oxygens (including phenoxy) is 1. The summed E-state index contributed by atoms with van der Waals surface area (Å²) in [5.41, 5.74) is 0. The molecule has 1 aliphatic rings. The maximum absolute atomic E-state index is 12.7. The summed E-state index contributed by atoms with van der Waals surface area (Å²) in [6.45, 7) is 5.13. The van der Waals surface area contributed by atoms with Crippen LogP contribution in [0.1, 0.15) is 38.5 Å². The second kappa shape index (κ2) is 12.6. The van der Waals surface area contributed by atoms with Crippen molar-refractivity contribution in [1.29, 1.82) is 0 Å². The number of likely N-dealkylation sites (N-methyl/N-ethyl adjacent to an activating group) is 2. The van der Waals surface area contributed by atoms with Crippen LogP contribution < -0.4 is 4.74 Å². The summed E-state index contributed by atoms with van der Waals surface area (Å²) < 4.78 is 5.68. The highest BCUT2D eigenvalue weighted by atomic mass is 35.5. The smallest absolute Gasteiger partial charge is 0.222 e. The average molecular weight is 450 g/mol. The van der Waals surface area contributed by atoms with Crippen LogP contribution in [0.3, 0.4) is 0 Å². The molecule has 1 saturated carbocycles. The number of nitrogens with zero attached hydrogens (tertiary/aromatic N) is 2. The predicted molar refractivity (Wildman–Crippen MR) is 120 cm³/mol. The summed E-state index contributed by atoms with van der Waals surface area (Å²) in [4.78, 5) is 16.9. The van der Waals surface area contributed by atoms with Gasteiger partial charge in [0.1, 0.15) is 5.75 Å². The molecule has 2 atom stereocenters. The van der Waals surface area contributed by atoms with Crippen LogP contribution in [0.4, 0.5) is 0 Å². The lowest BCUT2D eigenvalue weighted by atomic mass is 9.88. The van der Waals surface area contributed by atoms with E-state index >= 15 is 0 Å². The molecular formula is C21H31Cl3N2O2. The van der Waals surface area contributed by atoms with Crippen LogP contribution in [0.2, 0.25) is 10.0 Å². The Morgan fingerprint density at radius 2 is 1.93 bits per heavy atom. The van der Waals surface area contributed by atoms with Crippen molar-refractivity contribution >= 4 is 41.5 Å². The van der Waals surface area contributed by atoms with Gasteiger partial charge in [0, 0.05) is 37.1 Å². The van der Waals surface area contributed by atoms with E-state index in [1.54, 1.807) is 18.2 Å². The first-order valence-electron chi connectivity index (χ1n) is 9.58. The molecule has 1 aliphatic carbocycles. The maximum atomic E-state index is 12.7. The van der Waals surface area contributed by atoms with Crippen LogP contribution in [0, 0.1) is 0 Å². The summed E-state index contributed by atoms with van der Waals surface area (Å²) in [5, 5.41) is 1.06. The third-order valence-corrected chi connectivity index (χ3v) is 5.78. The number of hydrogen-bond acceptors (Lipinski definition) is 3. The molecule has 0 unspecified atom stereocenters. The highest BCUT2D eigenvalue weighted by Crippen LogP contribution is 2.28. The van der Waals surface area contributed by atoms with Gasteiger partial charge in [-0.2, -0.15) is 0 Å². The van der Waals surface area contributed by atoms with E-state index in [1.807, 2.05) is 18.0 Å². The van der Waals surface area contributed by atoms with E-state index in [-0.39, 0.29) is 24.4 Å². The summed E-state index contributed by atoms with van der Waals surface area (Å²) >= 11 is 12.0. The molecule has 0 bridgehead atoms. The van der Waals surface area contributed by atoms with Crippen molar-refractivity contribution < 1.29 is 9.53 Å². The number of benzene rings is 1. The van der Waals surface area contributed by atoms with Gasteiger partial charge in [-0.1, -0.05) is 42.1 Å². The van der Waals surface area contributed by atoms with Crippen molar-refractivity contribution in [2.75, 3.05) is 27.2 Å². The van der Waals surface area contributed by atoms with E-state index in [4.69, 9.17) is 27.9 Å².